The van der Waals surface area contributed by atoms with Crippen molar-refractivity contribution in [3.05, 3.63) is 42.2 Å². The summed E-state index contributed by atoms with van der Waals surface area (Å²) in [4.78, 5) is 26.0. The molecule has 2 aromatic rings. The van der Waals surface area contributed by atoms with E-state index in [9.17, 15) is 9.59 Å². The van der Waals surface area contributed by atoms with E-state index in [1.807, 2.05) is 6.07 Å². The molecule has 1 aliphatic rings. The third-order valence-corrected chi connectivity index (χ3v) is 6.33. The van der Waals surface area contributed by atoms with Crippen molar-refractivity contribution in [3.8, 4) is 0 Å². The van der Waals surface area contributed by atoms with E-state index in [1.165, 1.54) is 52.4 Å². The van der Waals surface area contributed by atoms with Crippen LogP contribution in [-0.4, -0.2) is 11.8 Å². The van der Waals surface area contributed by atoms with Crippen LogP contribution in [0.1, 0.15) is 49.7 Å². The van der Waals surface area contributed by atoms with E-state index in [2.05, 4.69) is 26.8 Å². The van der Waals surface area contributed by atoms with Crippen LogP contribution in [0.25, 0.3) is 0 Å². The second kappa shape index (κ2) is 6.93. The second-order valence-corrected chi connectivity index (χ2v) is 8.59. The van der Waals surface area contributed by atoms with Gasteiger partial charge in [0.25, 0.3) is 11.8 Å². The lowest BCUT2D eigenvalue weighted by atomic mass is 10.1. The molecular formula is C15H15BrN2O2S2. The van der Waals surface area contributed by atoms with E-state index >= 15 is 0 Å². The summed E-state index contributed by atoms with van der Waals surface area (Å²) in [7, 11) is 0. The largest absolute Gasteiger partial charge is 0.279 e. The summed E-state index contributed by atoms with van der Waals surface area (Å²) in [5, 5.41) is 1.74. The van der Waals surface area contributed by atoms with Crippen molar-refractivity contribution < 1.29 is 9.59 Å². The van der Waals surface area contributed by atoms with Gasteiger partial charge in [0.15, 0.2) is 0 Å². The lowest BCUT2D eigenvalue weighted by Gasteiger charge is -2.04. The van der Waals surface area contributed by atoms with Crippen molar-refractivity contribution in [1.82, 2.24) is 10.9 Å². The van der Waals surface area contributed by atoms with Gasteiger partial charge in [-0.05, 0) is 59.3 Å². The van der Waals surface area contributed by atoms with Crippen molar-refractivity contribution >= 4 is 50.4 Å². The standard InChI is InChI=1S/C15H15BrN2O2S2/c16-13-7-10(8-21-13)14(19)17-18-15(20)12-6-9-4-2-1-3-5-11(9)22-12/h6-8H,1-5H2,(H,17,19)(H,18,20). The fourth-order valence-electron chi connectivity index (χ4n) is 2.46. The molecule has 2 aromatic heterocycles. The average Bonchev–Trinajstić information content (AvgIpc) is 3.06. The highest BCUT2D eigenvalue weighted by Gasteiger charge is 2.17. The maximum Gasteiger partial charge on any atom is 0.279 e. The number of hydrazine groups is 1. The summed E-state index contributed by atoms with van der Waals surface area (Å²) in [5.74, 6) is -0.561. The van der Waals surface area contributed by atoms with Crippen molar-refractivity contribution in [2.24, 2.45) is 0 Å². The molecule has 4 nitrogen and oxygen atoms in total. The molecule has 2 heterocycles. The Morgan fingerprint density at radius 3 is 2.59 bits per heavy atom. The summed E-state index contributed by atoms with van der Waals surface area (Å²) >= 11 is 6.28. The Morgan fingerprint density at radius 2 is 1.82 bits per heavy atom. The van der Waals surface area contributed by atoms with Crippen LogP contribution in [0.4, 0.5) is 0 Å². The topological polar surface area (TPSA) is 58.2 Å². The minimum absolute atomic E-state index is 0.249. The molecule has 0 atom stereocenters. The smallest absolute Gasteiger partial charge is 0.267 e. The molecule has 2 amide bonds. The Hall–Kier alpha value is -1.18. The maximum atomic E-state index is 12.2. The molecule has 0 unspecified atom stereocenters. The number of halogens is 1. The van der Waals surface area contributed by atoms with Crippen LogP contribution in [0.5, 0.6) is 0 Å². The predicted octanol–water partition coefficient (Wildman–Crippen LogP) is 3.92. The Kier molecular flexibility index (Phi) is 4.95. The van der Waals surface area contributed by atoms with Gasteiger partial charge in [0.2, 0.25) is 0 Å². The van der Waals surface area contributed by atoms with Crippen LogP contribution in [0, 0.1) is 0 Å². The quantitative estimate of drug-likeness (QED) is 0.594. The van der Waals surface area contributed by atoms with E-state index in [4.69, 9.17) is 0 Å². The monoisotopic (exact) mass is 398 g/mol. The van der Waals surface area contributed by atoms with Gasteiger partial charge in [-0.1, -0.05) is 6.42 Å². The minimum atomic E-state index is -0.312. The number of hydrogen-bond acceptors (Lipinski definition) is 4. The fraction of sp³-hybridized carbons (Fsp3) is 0.333. The molecule has 0 saturated heterocycles. The van der Waals surface area contributed by atoms with E-state index < -0.39 is 0 Å². The fourth-order valence-corrected chi connectivity index (χ4v) is 4.74. The molecule has 7 heteroatoms. The Bertz CT molecular complexity index is 685. The summed E-state index contributed by atoms with van der Waals surface area (Å²) in [6.07, 6.45) is 5.75. The first-order chi connectivity index (χ1) is 10.6. The number of fused-ring (bicyclic) bond motifs is 1. The van der Waals surface area contributed by atoms with Crippen LogP contribution >= 0.6 is 38.6 Å². The molecule has 0 radical (unpaired) electrons. The number of thiophene rings is 2. The number of aryl methyl sites for hydroxylation is 2. The number of nitrogens with one attached hydrogen (secondary N) is 2. The molecule has 0 aromatic carbocycles. The molecule has 3 rings (SSSR count). The van der Waals surface area contributed by atoms with Crippen molar-refractivity contribution in [1.29, 1.82) is 0 Å². The SMILES string of the molecule is O=C(NNC(=O)c1cc2c(s1)CCCCC2)c1csc(Br)c1. The normalized spacial score (nSPS) is 14.0. The highest BCUT2D eigenvalue weighted by atomic mass is 79.9. The van der Waals surface area contributed by atoms with E-state index in [0.29, 0.717) is 10.4 Å². The van der Waals surface area contributed by atoms with Crippen molar-refractivity contribution in [2.75, 3.05) is 0 Å². The van der Waals surface area contributed by atoms with Gasteiger partial charge < -0.3 is 0 Å². The number of carbonyl (C=O) groups is 2. The van der Waals surface area contributed by atoms with Crippen molar-refractivity contribution in [2.45, 2.75) is 32.1 Å². The van der Waals surface area contributed by atoms with Crippen LogP contribution in [0.3, 0.4) is 0 Å². The predicted molar refractivity (Wildman–Crippen MR) is 92.5 cm³/mol. The summed E-state index contributed by atoms with van der Waals surface area (Å²) in [6, 6.07) is 3.69. The second-order valence-electron chi connectivity index (χ2n) is 5.17. The number of carbonyl (C=O) groups excluding carboxylic acids is 2. The van der Waals surface area contributed by atoms with Crippen LogP contribution < -0.4 is 10.9 Å². The molecule has 116 valence electrons. The third-order valence-electron chi connectivity index (χ3n) is 3.59. The number of amides is 2. The van der Waals surface area contributed by atoms with Crippen molar-refractivity contribution in [3.63, 3.8) is 0 Å². The van der Waals surface area contributed by atoms with Gasteiger partial charge in [0, 0.05) is 10.3 Å². The highest BCUT2D eigenvalue weighted by Crippen LogP contribution is 2.28. The van der Waals surface area contributed by atoms with Crippen LogP contribution in [0.2, 0.25) is 0 Å². The van der Waals surface area contributed by atoms with Gasteiger partial charge in [-0.25, -0.2) is 0 Å². The van der Waals surface area contributed by atoms with Gasteiger partial charge in [0.05, 0.1) is 14.2 Å². The number of rotatable bonds is 2. The number of hydrogen-bond donors (Lipinski definition) is 2. The molecular weight excluding hydrogens is 384 g/mol. The summed E-state index contributed by atoms with van der Waals surface area (Å²) < 4.78 is 0.881. The minimum Gasteiger partial charge on any atom is -0.267 e. The molecule has 22 heavy (non-hydrogen) atoms. The zero-order chi connectivity index (χ0) is 15.5. The van der Waals surface area contributed by atoms with Gasteiger partial charge in [-0.3, -0.25) is 20.4 Å². The molecule has 0 fully saturated rings. The summed E-state index contributed by atoms with van der Waals surface area (Å²) in [6.45, 7) is 0. The van der Waals surface area contributed by atoms with E-state index in [0.717, 1.165) is 16.6 Å². The zero-order valence-electron chi connectivity index (χ0n) is 11.8. The highest BCUT2D eigenvalue weighted by molar-refractivity contribution is 9.11. The van der Waals surface area contributed by atoms with Gasteiger partial charge in [-0.15, -0.1) is 22.7 Å². The average molecular weight is 399 g/mol. The Labute approximate surface area is 145 Å². The van der Waals surface area contributed by atoms with E-state index in [-0.39, 0.29) is 11.8 Å². The maximum absolute atomic E-state index is 12.2. The first kappa shape index (κ1) is 15.7. The molecule has 1 aliphatic carbocycles. The molecule has 2 N–H and O–H groups in total. The van der Waals surface area contributed by atoms with E-state index in [1.54, 1.807) is 11.4 Å². The molecule has 0 bridgehead atoms. The zero-order valence-corrected chi connectivity index (χ0v) is 15.0. The van der Waals surface area contributed by atoms with Crippen LogP contribution in [0.15, 0.2) is 21.3 Å². The Balaban J connectivity index is 1.61. The third kappa shape index (κ3) is 3.59. The first-order valence-corrected chi connectivity index (χ1v) is 9.58. The van der Waals surface area contributed by atoms with Gasteiger partial charge in [-0.2, -0.15) is 0 Å². The lowest BCUT2D eigenvalue weighted by Crippen LogP contribution is -2.41. The first-order valence-electron chi connectivity index (χ1n) is 7.10. The van der Waals surface area contributed by atoms with Gasteiger partial charge in [0.1, 0.15) is 0 Å². The van der Waals surface area contributed by atoms with Gasteiger partial charge >= 0.3 is 0 Å². The Morgan fingerprint density at radius 1 is 1.05 bits per heavy atom. The molecule has 0 aliphatic heterocycles. The lowest BCUT2D eigenvalue weighted by molar-refractivity contribution is 0.0849. The molecule has 0 saturated carbocycles. The van der Waals surface area contributed by atoms with Crippen LogP contribution in [-0.2, 0) is 12.8 Å². The molecule has 0 spiro atoms. The summed E-state index contributed by atoms with van der Waals surface area (Å²) in [5.41, 5.74) is 6.77.